The predicted molar refractivity (Wildman–Crippen MR) is 102 cm³/mol. The average molecular weight is 375 g/mol. The van der Waals surface area contributed by atoms with Crippen LogP contribution in [0.25, 0.3) is 5.69 Å². The molecule has 1 aromatic heterocycles. The van der Waals surface area contributed by atoms with Gasteiger partial charge in [0.1, 0.15) is 5.82 Å². The molecule has 0 aliphatic heterocycles. The van der Waals surface area contributed by atoms with Gasteiger partial charge in [-0.15, -0.1) is 10.2 Å². The van der Waals surface area contributed by atoms with Crippen LogP contribution in [0.15, 0.2) is 23.4 Å². The number of benzene rings is 1. The highest BCUT2D eigenvalue weighted by molar-refractivity contribution is 7.99. The van der Waals surface area contributed by atoms with Gasteiger partial charge in [-0.3, -0.25) is 14.2 Å². The highest BCUT2D eigenvalue weighted by atomic mass is 32.2. The monoisotopic (exact) mass is 375 g/mol. The van der Waals surface area contributed by atoms with E-state index < -0.39 is 5.91 Å². The zero-order valence-electron chi connectivity index (χ0n) is 15.8. The van der Waals surface area contributed by atoms with Crippen molar-refractivity contribution in [2.45, 2.75) is 45.8 Å². The Balaban J connectivity index is 2.22. The molecule has 1 heterocycles. The van der Waals surface area contributed by atoms with Crippen molar-refractivity contribution in [1.29, 1.82) is 0 Å². The topological polar surface area (TPSA) is 94.1 Å². The van der Waals surface area contributed by atoms with Crippen molar-refractivity contribution in [2.24, 2.45) is 5.73 Å². The molecule has 0 fully saturated rings. The first-order chi connectivity index (χ1) is 12.2. The average Bonchev–Trinajstić information content (AvgIpc) is 2.93. The standard InChI is InChI=1S/C18H25N5O2S/c1-11(2)22(9-16(19)24)17(25)10-26-18-21-20-14(5)23(18)15-8-12(3)6-7-13(15)4/h6-8,11H,9-10H2,1-5H3,(H2,19,24). The maximum Gasteiger partial charge on any atom is 0.237 e. The van der Waals surface area contributed by atoms with E-state index in [1.165, 1.54) is 16.7 Å². The molecule has 0 spiro atoms. The summed E-state index contributed by atoms with van der Waals surface area (Å²) >= 11 is 1.30. The normalized spacial score (nSPS) is 11.0. The minimum Gasteiger partial charge on any atom is -0.368 e. The summed E-state index contributed by atoms with van der Waals surface area (Å²) in [6.45, 7) is 9.57. The summed E-state index contributed by atoms with van der Waals surface area (Å²) in [6, 6.07) is 6.08. The van der Waals surface area contributed by atoms with Gasteiger partial charge in [0.05, 0.1) is 18.0 Å². The summed E-state index contributed by atoms with van der Waals surface area (Å²) in [5.41, 5.74) is 8.48. The second kappa shape index (κ2) is 8.35. The van der Waals surface area contributed by atoms with E-state index >= 15 is 0 Å². The van der Waals surface area contributed by atoms with Gasteiger partial charge in [-0.1, -0.05) is 23.9 Å². The lowest BCUT2D eigenvalue weighted by atomic mass is 10.1. The van der Waals surface area contributed by atoms with Crippen molar-refractivity contribution in [1.82, 2.24) is 19.7 Å². The van der Waals surface area contributed by atoms with E-state index in [9.17, 15) is 9.59 Å². The SMILES string of the molecule is Cc1ccc(C)c(-n2c(C)nnc2SCC(=O)N(CC(N)=O)C(C)C)c1. The number of nitrogens with two attached hydrogens (primary N) is 1. The van der Waals surface area contributed by atoms with E-state index in [1.807, 2.05) is 39.2 Å². The third-order valence-electron chi connectivity index (χ3n) is 4.00. The molecule has 7 nitrogen and oxygen atoms in total. The molecule has 140 valence electrons. The van der Waals surface area contributed by atoms with Crippen LogP contribution in [0.1, 0.15) is 30.8 Å². The van der Waals surface area contributed by atoms with E-state index in [-0.39, 0.29) is 24.2 Å². The molecule has 26 heavy (non-hydrogen) atoms. The number of carbonyl (C=O) groups excluding carboxylic acids is 2. The van der Waals surface area contributed by atoms with Gasteiger partial charge < -0.3 is 10.6 Å². The van der Waals surface area contributed by atoms with Crippen molar-refractivity contribution >= 4 is 23.6 Å². The second-order valence-electron chi connectivity index (χ2n) is 6.53. The van der Waals surface area contributed by atoms with Crippen LogP contribution in [-0.4, -0.2) is 49.8 Å². The molecule has 2 aromatic rings. The van der Waals surface area contributed by atoms with Crippen LogP contribution in [0.2, 0.25) is 0 Å². The Labute approximate surface area is 158 Å². The Morgan fingerprint density at radius 2 is 1.92 bits per heavy atom. The maximum atomic E-state index is 12.5. The van der Waals surface area contributed by atoms with Gasteiger partial charge >= 0.3 is 0 Å². The van der Waals surface area contributed by atoms with Crippen LogP contribution in [0.3, 0.4) is 0 Å². The lowest BCUT2D eigenvalue weighted by Crippen LogP contribution is -2.43. The van der Waals surface area contributed by atoms with Gasteiger partial charge in [-0.2, -0.15) is 0 Å². The van der Waals surface area contributed by atoms with Crippen LogP contribution in [0.5, 0.6) is 0 Å². The minimum absolute atomic E-state index is 0.0836. The number of aromatic nitrogens is 3. The Bertz CT molecular complexity index is 816. The number of rotatable bonds is 7. The Kier molecular flexibility index (Phi) is 6.42. The molecule has 0 atom stereocenters. The highest BCUT2D eigenvalue weighted by Crippen LogP contribution is 2.25. The lowest BCUT2D eigenvalue weighted by Gasteiger charge is -2.25. The molecule has 2 N–H and O–H groups in total. The number of hydrogen-bond acceptors (Lipinski definition) is 5. The summed E-state index contributed by atoms with van der Waals surface area (Å²) in [5.74, 6) is 0.240. The summed E-state index contributed by atoms with van der Waals surface area (Å²) in [5, 5.41) is 9.02. The molecule has 2 rings (SSSR count). The lowest BCUT2D eigenvalue weighted by molar-refractivity contribution is -0.134. The van der Waals surface area contributed by atoms with Crippen LogP contribution < -0.4 is 5.73 Å². The second-order valence-corrected chi connectivity index (χ2v) is 7.47. The van der Waals surface area contributed by atoms with E-state index in [4.69, 9.17) is 5.73 Å². The van der Waals surface area contributed by atoms with Crippen molar-refractivity contribution in [2.75, 3.05) is 12.3 Å². The third kappa shape index (κ3) is 4.63. The zero-order valence-corrected chi connectivity index (χ0v) is 16.6. The molecule has 0 radical (unpaired) electrons. The van der Waals surface area contributed by atoms with Gasteiger partial charge in [0.2, 0.25) is 11.8 Å². The van der Waals surface area contributed by atoms with Gasteiger partial charge in [0, 0.05) is 6.04 Å². The summed E-state index contributed by atoms with van der Waals surface area (Å²) in [7, 11) is 0. The molecule has 0 aliphatic carbocycles. The minimum atomic E-state index is -0.522. The van der Waals surface area contributed by atoms with E-state index in [2.05, 4.69) is 28.4 Å². The fraction of sp³-hybridized carbons (Fsp3) is 0.444. The number of hydrogen-bond donors (Lipinski definition) is 1. The van der Waals surface area contributed by atoms with E-state index in [0.717, 1.165) is 22.6 Å². The maximum absolute atomic E-state index is 12.5. The Morgan fingerprint density at radius 3 is 2.54 bits per heavy atom. The zero-order chi connectivity index (χ0) is 19.4. The van der Waals surface area contributed by atoms with Crippen molar-refractivity contribution in [3.8, 4) is 5.69 Å². The largest absolute Gasteiger partial charge is 0.368 e. The number of aryl methyl sites for hydroxylation is 3. The van der Waals surface area contributed by atoms with E-state index in [0.29, 0.717) is 5.16 Å². The molecule has 0 unspecified atom stereocenters. The van der Waals surface area contributed by atoms with Crippen LogP contribution >= 0.6 is 11.8 Å². The quantitative estimate of drug-likeness (QED) is 0.747. The highest BCUT2D eigenvalue weighted by Gasteiger charge is 2.21. The van der Waals surface area contributed by atoms with E-state index in [1.54, 1.807) is 0 Å². The number of nitrogens with zero attached hydrogens (tertiary/aromatic N) is 4. The molecule has 0 bridgehead atoms. The number of carbonyl (C=O) groups is 2. The molecule has 0 saturated heterocycles. The van der Waals surface area contributed by atoms with Crippen LogP contribution in [-0.2, 0) is 9.59 Å². The fourth-order valence-corrected chi connectivity index (χ4v) is 3.49. The summed E-state index contributed by atoms with van der Waals surface area (Å²) < 4.78 is 1.95. The van der Waals surface area contributed by atoms with Crippen molar-refractivity contribution in [3.63, 3.8) is 0 Å². The number of primary amides is 1. The smallest absolute Gasteiger partial charge is 0.237 e. The molecule has 0 aliphatic rings. The summed E-state index contributed by atoms with van der Waals surface area (Å²) in [4.78, 5) is 25.2. The molecule has 2 amide bonds. The van der Waals surface area contributed by atoms with Crippen molar-refractivity contribution < 1.29 is 9.59 Å². The fourth-order valence-electron chi connectivity index (χ4n) is 2.61. The van der Waals surface area contributed by atoms with Gasteiger partial charge in [0.25, 0.3) is 0 Å². The third-order valence-corrected chi connectivity index (χ3v) is 4.91. The summed E-state index contributed by atoms with van der Waals surface area (Å²) in [6.07, 6.45) is 0. The molecule has 0 saturated carbocycles. The molecular formula is C18H25N5O2S. The van der Waals surface area contributed by atoms with Gasteiger partial charge in [0.15, 0.2) is 5.16 Å². The van der Waals surface area contributed by atoms with Crippen molar-refractivity contribution in [3.05, 3.63) is 35.2 Å². The first-order valence-corrected chi connectivity index (χ1v) is 9.39. The Morgan fingerprint density at radius 1 is 1.23 bits per heavy atom. The number of amides is 2. The Hall–Kier alpha value is -2.35. The van der Waals surface area contributed by atoms with Crippen LogP contribution in [0, 0.1) is 20.8 Å². The predicted octanol–water partition coefficient (Wildman–Crippen LogP) is 2.01. The molecule has 8 heteroatoms. The first kappa shape index (κ1) is 20.0. The molecule has 1 aromatic carbocycles. The number of thioether (sulfide) groups is 1. The molecular weight excluding hydrogens is 350 g/mol. The van der Waals surface area contributed by atoms with Crippen LogP contribution in [0.4, 0.5) is 0 Å². The van der Waals surface area contributed by atoms with Gasteiger partial charge in [-0.25, -0.2) is 0 Å². The van der Waals surface area contributed by atoms with Gasteiger partial charge in [-0.05, 0) is 51.8 Å². The first-order valence-electron chi connectivity index (χ1n) is 8.41.